The van der Waals surface area contributed by atoms with Crippen LogP contribution in [0.4, 0.5) is 0 Å². The van der Waals surface area contributed by atoms with Gasteiger partial charge in [0.2, 0.25) is 0 Å². The van der Waals surface area contributed by atoms with Gasteiger partial charge in [-0.2, -0.15) is 0 Å². The third kappa shape index (κ3) is 3.61. The molecule has 0 amide bonds. The highest BCUT2D eigenvalue weighted by Gasteiger charge is 2.09. The van der Waals surface area contributed by atoms with Crippen LogP contribution in [-0.4, -0.2) is 22.5 Å². The van der Waals surface area contributed by atoms with Gasteiger partial charge in [-0.25, -0.2) is 14.8 Å². The fraction of sp³-hybridized carbons (Fsp3) is 0.267. The number of aryl methyl sites for hydroxylation is 1. The number of aromatic nitrogens is 2. The van der Waals surface area contributed by atoms with Crippen LogP contribution in [-0.2, 0) is 11.2 Å². The van der Waals surface area contributed by atoms with Crippen molar-refractivity contribution in [3.63, 3.8) is 0 Å². The first-order chi connectivity index (χ1) is 9.19. The standard InChI is InChI=1S/C15H16N2O2/c1-3-19-15(18)13-7-8-16-14(17-13)10-12-6-4-5-11(2)9-12/h4-9H,3,10H2,1-2H3. The normalized spacial score (nSPS) is 10.2. The Hall–Kier alpha value is -2.23. The van der Waals surface area contributed by atoms with Crippen molar-refractivity contribution in [2.45, 2.75) is 20.3 Å². The van der Waals surface area contributed by atoms with E-state index in [9.17, 15) is 4.79 Å². The van der Waals surface area contributed by atoms with Crippen molar-refractivity contribution in [1.29, 1.82) is 0 Å². The molecule has 98 valence electrons. The van der Waals surface area contributed by atoms with Gasteiger partial charge >= 0.3 is 5.97 Å². The monoisotopic (exact) mass is 256 g/mol. The largest absolute Gasteiger partial charge is 0.461 e. The van der Waals surface area contributed by atoms with E-state index < -0.39 is 5.97 Å². The molecule has 2 rings (SSSR count). The summed E-state index contributed by atoms with van der Waals surface area (Å²) in [7, 11) is 0. The van der Waals surface area contributed by atoms with Crippen molar-refractivity contribution in [3.05, 3.63) is 59.2 Å². The van der Waals surface area contributed by atoms with Gasteiger partial charge in [-0.05, 0) is 25.5 Å². The summed E-state index contributed by atoms with van der Waals surface area (Å²) in [6.45, 7) is 4.15. The Morgan fingerprint density at radius 3 is 2.89 bits per heavy atom. The maximum absolute atomic E-state index is 11.6. The molecule has 4 heteroatoms. The average Bonchev–Trinajstić information content (AvgIpc) is 2.39. The summed E-state index contributed by atoms with van der Waals surface area (Å²) in [5.74, 6) is 0.214. The minimum atomic E-state index is -0.407. The van der Waals surface area contributed by atoms with E-state index >= 15 is 0 Å². The number of benzene rings is 1. The SMILES string of the molecule is CCOC(=O)c1ccnc(Cc2cccc(C)c2)n1. The molecule has 0 bridgehead atoms. The predicted molar refractivity (Wildman–Crippen MR) is 72.0 cm³/mol. The van der Waals surface area contributed by atoms with E-state index in [2.05, 4.69) is 16.0 Å². The molecule has 0 radical (unpaired) electrons. The van der Waals surface area contributed by atoms with Gasteiger partial charge in [0.05, 0.1) is 6.61 Å². The van der Waals surface area contributed by atoms with Crippen LogP contribution in [0.15, 0.2) is 36.5 Å². The molecule has 0 fully saturated rings. The first-order valence-corrected chi connectivity index (χ1v) is 6.23. The molecule has 1 aromatic carbocycles. The van der Waals surface area contributed by atoms with Crippen LogP contribution >= 0.6 is 0 Å². The molecule has 0 atom stereocenters. The lowest BCUT2D eigenvalue weighted by Crippen LogP contribution is -2.09. The number of ether oxygens (including phenoxy) is 1. The third-order valence-corrected chi connectivity index (χ3v) is 2.63. The first-order valence-electron chi connectivity index (χ1n) is 6.23. The zero-order chi connectivity index (χ0) is 13.7. The maximum atomic E-state index is 11.6. The molecule has 0 aliphatic carbocycles. The van der Waals surface area contributed by atoms with E-state index in [0.29, 0.717) is 24.5 Å². The molecule has 1 heterocycles. The third-order valence-electron chi connectivity index (χ3n) is 2.63. The molecule has 19 heavy (non-hydrogen) atoms. The van der Waals surface area contributed by atoms with E-state index in [1.165, 1.54) is 5.56 Å². The average molecular weight is 256 g/mol. The number of carbonyl (C=O) groups is 1. The van der Waals surface area contributed by atoms with Crippen LogP contribution in [0.2, 0.25) is 0 Å². The molecule has 0 N–H and O–H groups in total. The summed E-state index contributed by atoms with van der Waals surface area (Å²) in [4.78, 5) is 20.0. The number of carbonyl (C=O) groups excluding carboxylic acids is 1. The Balaban J connectivity index is 2.17. The van der Waals surface area contributed by atoms with E-state index in [4.69, 9.17) is 4.74 Å². The lowest BCUT2D eigenvalue weighted by atomic mass is 10.1. The second kappa shape index (κ2) is 6.09. The zero-order valence-electron chi connectivity index (χ0n) is 11.1. The number of hydrogen-bond acceptors (Lipinski definition) is 4. The molecule has 0 aliphatic rings. The lowest BCUT2D eigenvalue weighted by molar-refractivity contribution is 0.0519. The van der Waals surface area contributed by atoms with Crippen molar-refractivity contribution in [1.82, 2.24) is 9.97 Å². The van der Waals surface area contributed by atoms with Gasteiger partial charge in [0.1, 0.15) is 5.82 Å². The summed E-state index contributed by atoms with van der Waals surface area (Å²) in [6.07, 6.45) is 2.19. The van der Waals surface area contributed by atoms with Crippen LogP contribution in [0.25, 0.3) is 0 Å². The Labute approximate surface area is 112 Å². The summed E-state index contributed by atoms with van der Waals surface area (Å²) in [6, 6.07) is 9.71. The fourth-order valence-corrected chi connectivity index (χ4v) is 1.81. The number of hydrogen-bond donors (Lipinski definition) is 0. The minimum absolute atomic E-state index is 0.305. The quantitative estimate of drug-likeness (QED) is 0.789. The van der Waals surface area contributed by atoms with Crippen molar-refractivity contribution >= 4 is 5.97 Å². The van der Waals surface area contributed by atoms with Crippen LogP contribution in [0.1, 0.15) is 34.4 Å². The molecule has 2 aromatic rings. The number of esters is 1. The first kappa shape index (κ1) is 13.2. The lowest BCUT2D eigenvalue weighted by Gasteiger charge is -2.04. The summed E-state index contributed by atoms with van der Waals surface area (Å²) >= 11 is 0. The van der Waals surface area contributed by atoms with Gasteiger partial charge in [-0.3, -0.25) is 0 Å². The fourth-order valence-electron chi connectivity index (χ4n) is 1.81. The van der Waals surface area contributed by atoms with Crippen LogP contribution in [0.3, 0.4) is 0 Å². The Kier molecular flexibility index (Phi) is 4.23. The van der Waals surface area contributed by atoms with Gasteiger partial charge in [0, 0.05) is 12.6 Å². The molecule has 0 unspecified atom stereocenters. The summed E-state index contributed by atoms with van der Waals surface area (Å²) < 4.78 is 4.92. The molecule has 0 saturated carbocycles. The van der Waals surface area contributed by atoms with Gasteiger partial charge in [-0.1, -0.05) is 29.8 Å². The molecular formula is C15H16N2O2. The van der Waals surface area contributed by atoms with E-state index in [-0.39, 0.29) is 0 Å². The van der Waals surface area contributed by atoms with Gasteiger partial charge in [-0.15, -0.1) is 0 Å². The predicted octanol–water partition coefficient (Wildman–Crippen LogP) is 2.55. The Bertz CT molecular complexity index is 582. The van der Waals surface area contributed by atoms with Crippen molar-refractivity contribution in [2.75, 3.05) is 6.61 Å². The number of nitrogens with zero attached hydrogens (tertiary/aromatic N) is 2. The van der Waals surface area contributed by atoms with Crippen LogP contribution < -0.4 is 0 Å². The summed E-state index contributed by atoms with van der Waals surface area (Å²) in [5, 5.41) is 0. The van der Waals surface area contributed by atoms with Crippen LogP contribution in [0, 0.1) is 6.92 Å². The smallest absolute Gasteiger partial charge is 0.357 e. The highest BCUT2D eigenvalue weighted by atomic mass is 16.5. The zero-order valence-corrected chi connectivity index (χ0v) is 11.1. The van der Waals surface area contributed by atoms with Gasteiger partial charge < -0.3 is 4.74 Å². The topological polar surface area (TPSA) is 52.1 Å². The maximum Gasteiger partial charge on any atom is 0.357 e. The summed E-state index contributed by atoms with van der Waals surface area (Å²) in [5.41, 5.74) is 2.62. The van der Waals surface area contributed by atoms with Crippen molar-refractivity contribution in [2.24, 2.45) is 0 Å². The highest BCUT2D eigenvalue weighted by Crippen LogP contribution is 2.09. The Morgan fingerprint density at radius 1 is 1.32 bits per heavy atom. The molecule has 0 spiro atoms. The molecule has 4 nitrogen and oxygen atoms in total. The molecular weight excluding hydrogens is 240 g/mol. The molecule has 1 aromatic heterocycles. The van der Waals surface area contributed by atoms with Crippen molar-refractivity contribution in [3.8, 4) is 0 Å². The number of rotatable bonds is 4. The van der Waals surface area contributed by atoms with Crippen LogP contribution in [0.5, 0.6) is 0 Å². The molecule has 0 aliphatic heterocycles. The second-order valence-electron chi connectivity index (χ2n) is 4.24. The molecule has 0 saturated heterocycles. The van der Waals surface area contributed by atoms with Gasteiger partial charge in [0.25, 0.3) is 0 Å². The Morgan fingerprint density at radius 2 is 2.16 bits per heavy atom. The second-order valence-corrected chi connectivity index (χ2v) is 4.24. The van der Waals surface area contributed by atoms with E-state index in [1.54, 1.807) is 19.2 Å². The van der Waals surface area contributed by atoms with Gasteiger partial charge in [0.15, 0.2) is 5.69 Å². The highest BCUT2D eigenvalue weighted by molar-refractivity contribution is 5.87. The van der Waals surface area contributed by atoms with E-state index in [1.807, 2.05) is 25.1 Å². The minimum Gasteiger partial charge on any atom is -0.461 e. The van der Waals surface area contributed by atoms with E-state index in [0.717, 1.165) is 5.56 Å². The van der Waals surface area contributed by atoms with Crippen molar-refractivity contribution < 1.29 is 9.53 Å².